The van der Waals surface area contributed by atoms with Crippen LogP contribution in [0.4, 0.5) is 4.79 Å². The third-order valence-corrected chi connectivity index (χ3v) is 6.11. The molecule has 2 atom stereocenters. The van der Waals surface area contributed by atoms with E-state index in [9.17, 15) is 14.4 Å². The molecule has 0 radical (unpaired) electrons. The van der Waals surface area contributed by atoms with Crippen LogP contribution in [0.3, 0.4) is 0 Å². The number of nitrogens with one attached hydrogen (secondary N) is 2. The van der Waals surface area contributed by atoms with E-state index in [-0.39, 0.29) is 43.9 Å². The molecule has 1 aliphatic rings. The molecule has 0 fully saturated rings. The highest BCUT2D eigenvalue weighted by Crippen LogP contribution is 2.44. The van der Waals surface area contributed by atoms with Crippen molar-refractivity contribution in [3.8, 4) is 11.1 Å². The molecular weight excluding hydrogens is 434 g/mol. The minimum absolute atomic E-state index is 0.0189. The molecule has 0 saturated heterocycles. The number of carbonyl (C=O) groups is 3. The van der Waals surface area contributed by atoms with Crippen molar-refractivity contribution >= 4 is 18.0 Å². The number of likely N-dealkylation sites (N-methyl/N-ethyl adjacent to an activating group) is 1. The van der Waals surface area contributed by atoms with E-state index >= 15 is 0 Å². The number of carboxylic acid groups (broad SMARTS) is 1. The maximum Gasteiger partial charge on any atom is 0.407 e. The number of hydrogen-bond acceptors (Lipinski definition) is 5. The van der Waals surface area contributed by atoms with E-state index in [1.54, 1.807) is 19.0 Å². The molecule has 0 aliphatic heterocycles. The number of hydrogen-bond donors (Lipinski definition) is 3. The van der Waals surface area contributed by atoms with Gasteiger partial charge in [0.1, 0.15) is 12.6 Å². The van der Waals surface area contributed by atoms with Crippen molar-refractivity contribution in [2.45, 2.75) is 31.7 Å². The summed E-state index contributed by atoms with van der Waals surface area (Å²) in [7, 11) is 3.61. The Bertz CT molecular complexity index is 978. The maximum atomic E-state index is 12.8. The highest BCUT2D eigenvalue weighted by molar-refractivity contribution is 5.86. The van der Waals surface area contributed by atoms with Gasteiger partial charge in [0.15, 0.2) is 0 Å². The lowest BCUT2D eigenvalue weighted by molar-refractivity contribution is -0.138. The third kappa shape index (κ3) is 6.35. The highest BCUT2D eigenvalue weighted by atomic mass is 16.5. The number of benzene rings is 2. The van der Waals surface area contributed by atoms with Crippen LogP contribution >= 0.6 is 0 Å². The molecule has 0 spiro atoms. The maximum absolute atomic E-state index is 12.8. The van der Waals surface area contributed by atoms with E-state index in [1.165, 1.54) is 0 Å². The van der Waals surface area contributed by atoms with Crippen LogP contribution in [0.15, 0.2) is 48.5 Å². The van der Waals surface area contributed by atoms with Crippen molar-refractivity contribution < 1.29 is 24.2 Å². The lowest BCUT2D eigenvalue weighted by atomic mass is 9.98. The summed E-state index contributed by atoms with van der Waals surface area (Å²) >= 11 is 0. The average molecular weight is 468 g/mol. The van der Waals surface area contributed by atoms with Crippen molar-refractivity contribution in [2.75, 3.05) is 33.8 Å². The summed E-state index contributed by atoms with van der Waals surface area (Å²) < 4.78 is 5.58. The Balaban J connectivity index is 1.61. The van der Waals surface area contributed by atoms with Gasteiger partial charge in [0.2, 0.25) is 5.91 Å². The van der Waals surface area contributed by atoms with Crippen molar-refractivity contribution in [2.24, 2.45) is 5.92 Å². The molecule has 182 valence electrons. The second-order valence-electron chi connectivity index (χ2n) is 8.90. The molecule has 0 saturated carbocycles. The van der Waals surface area contributed by atoms with Crippen LogP contribution in [-0.2, 0) is 14.3 Å². The number of ether oxygens (including phenoxy) is 1. The van der Waals surface area contributed by atoms with Crippen molar-refractivity contribution in [1.29, 1.82) is 0 Å². The number of rotatable bonds is 11. The molecular formula is C26H33N3O5. The lowest BCUT2D eigenvalue weighted by Gasteiger charge is -2.23. The molecule has 0 aromatic heterocycles. The summed E-state index contributed by atoms with van der Waals surface area (Å²) in [6, 6.07) is 15.3. The minimum Gasteiger partial charge on any atom is -0.481 e. The Kier molecular flexibility index (Phi) is 8.65. The van der Waals surface area contributed by atoms with Gasteiger partial charge in [0, 0.05) is 25.4 Å². The van der Waals surface area contributed by atoms with E-state index in [0.717, 1.165) is 22.3 Å². The van der Waals surface area contributed by atoms with Gasteiger partial charge >= 0.3 is 12.1 Å². The second kappa shape index (κ2) is 11.7. The van der Waals surface area contributed by atoms with Crippen molar-refractivity contribution in [3.05, 3.63) is 59.7 Å². The molecule has 3 rings (SSSR count). The van der Waals surface area contributed by atoms with Crippen LogP contribution in [0.25, 0.3) is 11.1 Å². The second-order valence-corrected chi connectivity index (χ2v) is 8.90. The number of carbonyl (C=O) groups excluding carboxylic acids is 2. The highest BCUT2D eigenvalue weighted by Gasteiger charge is 2.30. The Hall–Kier alpha value is -3.39. The van der Waals surface area contributed by atoms with Gasteiger partial charge in [0.05, 0.1) is 0 Å². The molecule has 34 heavy (non-hydrogen) atoms. The SMILES string of the molecule is CCC(CNC(=O)[C@H](CN(C)C)NC(=O)OCC1c2ccccc2-c2ccccc21)CC(=O)O. The van der Waals surface area contributed by atoms with Gasteiger partial charge in [-0.3, -0.25) is 9.59 Å². The monoisotopic (exact) mass is 467 g/mol. The van der Waals surface area contributed by atoms with Crippen LogP contribution in [-0.4, -0.2) is 67.8 Å². The number of amides is 2. The molecule has 8 heteroatoms. The largest absolute Gasteiger partial charge is 0.481 e. The molecule has 1 aliphatic carbocycles. The van der Waals surface area contributed by atoms with Gasteiger partial charge in [-0.15, -0.1) is 0 Å². The smallest absolute Gasteiger partial charge is 0.407 e. The Morgan fingerprint density at radius 1 is 1.03 bits per heavy atom. The van der Waals surface area contributed by atoms with Crippen LogP contribution in [0.1, 0.15) is 36.8 Å². The van der Waals surface area contributed by atoms with Gasteiger partial charge in [-0.1, -0.05) is 61.9 Å². The Labute approximate surface area is 200 Å². The zero-order valence-electron chi connectivity index (χ0n) is 19.9. The first kappa shape index (κ1) is 25.2. The van der Waals surface area contributed by atoms with Gasteiger partial charge in [0.25, 0.3) is 0 Å². The van der Waals surface area contributed by atoms with Crippen LogP contribution in [0.2, 0.25) is 0 Å². The van der Waals surface area contributed by atoms with Gasteiger partial charge in [-0.2, -0.15) is 0 Å². The predicted octanol–water partition coefficient (Wildman–Crippen LogP) is 3.07. The van der Waals surface area contributed by atoms with Crippen molar-refractivity contribution in [3.63, 3.8) is 0 Å². The molecule has 2 aromatic rings. The summed E-state index contributed by atoms with van der Waals surface area (Å²) in [6.45, 7) is 2.56. The Morgan fingerprint density at radius 3 is 2.15 bits per heavy atom. The molecule has 2 aromatic carbocycles. The van der Waals surface area contributed by atoms with E-state index in [2.05, 4.69) is 22.8 Å². The number of aliphatic carboxylic acids is 1. The quantitative estimate of drug-likeness (QED) is 0.469. The number of nitrogens with zero attached hydrogens (tertiary/aromatic N) is 1. The van der Waals surface area contributed by atoms with E-state index in [1.807, 2.05) is 43.3 Å². The molecule has 8 nitrogen and oxygen atoms in total. The number of alkyl carbamates (subject to hydrolysis) is 1. The van der Waals surface area contributed by atoms with E-state index in [0.29, 0.717) is 6.42 Å². The summed E-state index contributed by atoms with van der Waals surface area (Å²) in [5.41, 5.74) is 4.51. The standard InChI is InChI=1S/C26H33N3O5/c1-4-17(13-24(30)31)14-27-25(32)23(15-29(2)3)28-26(33)34-16-22-20-11-7-5-9-18(20)19-10-6-8-12-21(19)22/h5-12,17,22-23H,4,13-16H2,1-3H3,(H,27,32)(H,28,33)(H,30,31)/t17?,23-/m0/s1. The normalized spacial score (nSPS) is 14.1. The van der Waals surface area contributed by atoms with Crippen LogP contribution in [0.5, 0.6) is 0 Å². The molecule has 0 bridgehead atoms. The van der Waals surface area contributed by atoms with Crippen LogP contribution in [0, 0.1) is 5.92 Å². The average Bonchev–Trinajstić information content (AvgIpc) is 3.13. The van der Waals surface area contributed by atoms with Gasteiger partial charge in [-0.05, 0) is 42.3 Å². The molecule has 1 unspecified atom stereocenters. The van der Waals surface area contributed by atoms with Gasteiger partial charge in [-0.25, -0.2) is 4.79 Å². The van der Waals surface area contributed by atoms with E-state index in [4.69, 9.17) is 9.84 Å². The number of fused-ring (bicyclic) bond motifs is 3. The molecule has 2 amide bonds. The first-order chi connectivity index (χ1) is 16.3. The zero-order chi connectivity index (χ0) is 24.7. The minimum atomic E-state index is -0.900. The predicted molar refractivity (Wildman–Crippen MR) is 130 cm³/mol. The first-order valence-electron chi connectivity index (χ1n) is 11.6. The Morgan fingerprint density at radius 2 is 1.62 bits per heavy atom. The summed E-state index contributed by atoms with van der Waals surface area (Å²) in [5, 5.41) is 14.5. The van der Waals surface area contributed by atoms with E-state index < -0.39 is 18.1 Å². The summed E-state index contributed by atoms with van der Waals surface area (Å²) in [4.78, 5) is 38.2. The topological polar surface area (TPSA) is 108 Å². The fourth-order valence-electron chi connectivity index (χ4n) is 4.32. The summed E-state index contributed by atoms with van der Waals surface area (Å²) in [5.74, 6) is -1.51. The van der Waals surface area contributed by atoms with Crippen LogP contribution < -0.4 is 10.6 Å². The summed E-state index contributed by atoms with van der Waals surface area (Å²) in [6.07, 6.45) is -0.0546. The fraction of sp³-hybridized carbons (Fsp3) is 0.423. The lowest BCUT2D eigenvalue weighted by Crippen LogP contribution is -2.52. The fourth-order valence-corrected chi connectivity index (χ4v) is 4.32. The molecule has 0 heterocycles. The van der Waals surface area contributed by atoms with Crippen molar-refractivity contribution in [1.82, 2.24) is 15.5 Å². The van der Waals surface area contributed by atoms with Gasteiger partial charge < -0.3 is 25.4 Å². The third-order valence-electron chi connectivity index (χ3n) is 6.11. The molecule has 3 N–H and O–H groups in total. The number of carboxylic acids is 1. The first-order valence-corrected chi connectivity index (χ1v) is 11.6. The zero-order valence-corrected chi connectivity index (χ0v) is 19.9.